The maximum Gasteiger partial charge on any atom is 0.250 e. The van der Waals surface area contributed by atoms with E-state index in [1.54, 1.807) is 29.2 Å². The molecule has 0 saturated carbocycles. The highest BCUT2D eigenvalue weighted by molar-refractivity contribution is 7.98. The Morgan fingerprint density at radius 1 is 1.58 bits per heavy atom. The third kappa shape index (κ3) is 1.17. The van der Waals surface area contributed by atoms with E-state index in [9.17, 15) is 4.79 Å². The lowest BCUT2D eigenvalue weighted by Gasteiger charge is -1.96. The fourth-order valence-electron chi connectivity index (χ4n) is 1.11. The highest BCUT2D eigenvalue weighted by atomic mass is 32.2. The molecule has 0 aromatic carbocycles. The molecule has 0 bridgehead atoms. The van der Waals surface area contributed by atoms with Crippen LogP contribution in [0.5, 0.6) is 0 Å². The second-order valence-electron chi connectivity index (χ2n) is 2.37. The van der Waals surface area contributed by atoms with E-state index in [4.69, 9.17) is 0 Å². The van der Waals surface area contributed by atoms with Gasteiger partial charge in [0.1, 0.15) is 4.83 Å². The number of rotatable bonds is 1. The molecule has 2 heterocycles. The van der Waals surface area contributed by atoms with E-state index in [-0.39, 0.29) is 5.56 Å². The Kier molecular flexibility index (Phi) is 1.94. The smallest absolute Gasteiger partial charge is 0.250 e. The molecule has 2 aromatic rings. The lowest BCUT2D eigenvalue weighted by Crippen LogP contribution is -2.02. The number of H-pyrrole nitrogens is 1. The summed E-state index contributed by atoms with van der Waals surface area (Å²) >= 11 is 3.17. The van der Waals surface area contributed by atoms with Crippen molar-refractivity contribution in [1.29, 1.82) is 0 Å². The molecule has 0 atom stereocenters. The largest absolute Gasteiger partial charge is 0.314 e. The molecular formula is C8H7NOS2. The van der Waals surface area contributed by atoms with Crippen molar-refractivity contribution in [2.75, 3.05) is 6.26 Å². The van der Waals surface area contributed by atoms with Gasteiger partial charge in [0.15, 0.2) is 0 Å². The molecule has 0 aliphatic heterocycles. The number of thiophene rings is 1. The zero-order valence-electron chi connectivity index (χ0n) is 6.46. The number of hydrogen-bond donors (Lipinski definition) is 1. The average molecular weight is 197 g/mol. The van der Waals surface area contributed by atoms with E-state index in [0.717, 1.165) is 15.1 Å². The van der Waals surface area contributed by atoms with E-state index in [1.807, 2.05) is 17.7 Å². The van der Waals surface area contributed by atoms with Crippen LogP contribution < -0.4 is 5.56 Å². The Bertz CT molecular complexity index is 457. The number of fused-ring (bicyclic) bond motifs is 1. The topological polar surface area (TPSA) is 32.9 Å². The van der Waals surface area contributed by atoms with Crippen LogP contribution >= 0.6 is 23.1 Å². The number of hydrogen-bond acceptors (Lipinski definition) is 3. The third-order valence-electron chi connectivity index (χ3n) is 1.65. The predicted molar refractivity (Wildman–Crippen MR) is 54.2 cm³/mol. The van der Waals surface area contributed by atoms with Crippen molar-refractivity contribution in [3.05, 3.63) is 27.9 Å². The number of thioether (sulfide) groups is 1. The van der Waals surface area contributed by atoms with E-state index in [1.165, 1.54) is 0 Å². The Morgan fingerprint density at radius 2 is 2.42 bits per heavy atom. The van der Waals surface area contributed by atoms with Crippen LogP contribution in [0.25, 0.3) is 10.2 Å². The van der Waals surface area contributed by atoms with Gasteiger partial charge in [-0.25, -0.2) is 0 Å². The quantitative estimate of drug-likeness (QED) is 0.712. The van der Waals surface area contributed by atoms with Crippen molar-refractivity contribution in [2.24, 2.45) is 0 Å². The minimum absolute atomic E-state index is 0.0192. The first-order valence-electron chi connectivity index (χ1n) is 3.46. The first kappa shape index (κ1) is 7.89. The maximum atomic E-state index is 11.1. The molecule has 2 nitrogen and oxygen atoms in total. The summed E-state index contributed by atoms with van der Waals surface area (Å²) in [6, 6.07) is 3.67. The van der Waals surface area contributed by atoms with Gasteiger partial charge in [0, 0.05) is 16.3 Å². The summed E-state index contributed by atoms with van der Waals surface area (Å²) < 4.78 is 0. The summed E-state index contributed by atoms with van der Waals surface area (Å²) in [5.74, 6) is 0. The SMILES string of the molecule is CSc1cc(=O)[nH]c2sccc12. The Labute approximate surface area is 77.6 Å². The lowest BCUT2D eigenvalue weighted by molar-refractivity contribution is 1.28. The summed E-state index contributed by atoms with van der Waals surface area (Å²) in [5.41, 5.74) is -0.0192. The van der Waals surface area contributed by atoms with Crippen molar-refractivity contribution < 1.29 is 0 Å². The van der Waals surface area contributed by atoms with Gasteiger partial charge >= 0.3 is 0 Å². The molecule has 0 aliphatic carbocycles. The van der Waals surface area contributed by atoms with E-state index < -0.39 is 0 Å². The molecule has 12 heavy (non-hydrogen) atoms. The fraction of sp³-hybridized carbons (Fsp3) is 0.125. The Balaban J connectivity index is 2.89. The molecule has 0 saturated heterocycles. The van der Waals surface area contributed by atoms with Crippen LogP contribution in [0.2, 0.25) is 0 Å². The highest BCUT2D eigenvalue weighted by Crippen LogP contribution is 2.26. The molecule has 2 aromatic heterocycles. The number of aromatic nitrogens is 1. The fourth-order valence-corrected chi connectivity index (χ4v) is 2.60. The molecule has 0 aliphatic rings. The van der Waals surface area contributed by atoms with Crippen LogP contribution in [0.4, 0.5) is 0 Å². The van der Waals surface area contributed by atoms with Crippen molar-refractivity contribution in [3.8, 4) is 0 Å². The van der Waals surface area contributed by atoms with Crippen LogP contribution in [0.3, 0.4) is 0 Å². The summed E-state index contributed by atoms with van der Waals surface area (Å²) in [6.45, 7) is 0. The van der Waals surface area contributed by atoms with Crippen molar-refractivity contribution in [1.82, 2.24) is 4.98 Å². The maximum absolute atomic E-state index is 11.1. The molecule has 1 N–H and O–H groups in total. The van der Waals surface area contributed by atoms with Crippen LogP contribution in [-0.2, 0) is 0 Å². The van der Waals surface area contributed by atoms with Crippen LogP contribution in [0, 0.1) is 0 Å². The monoisotopic (exact) mass is 197 g/mol. The van der Waals surface area contributed by atoms with Gasteiger partial charge < -0.3 is 4.98 Å². The molecule has 0 fully saturated rings. The van der Waals surface area contributed by atoms with Crippen LogP contribution in [0.1, 0.15) is 0 Å². The van der Waals surface area contributed by atoms with Crippen LogP contribution in [-0.4, -0.2) is 11.2 Å². The lowest BCUT2D eigenvalue weighted by atomic mass is 10.3. The van der Waals surface area contributed by atoms with Crippen molar-refractivity contribution >= 4 is 33.3 Å². The standard InChI is InChI=1S/C8H7NOS2/c1-11-6-4-7(10)9-8-5(6)2-3-12-8/h2-4H,1H3,(H,9,10). The second-order valence-corrected chi connectivity index (χ2v) is 4.13. The molecule has 4 heteroatoms. The molecule has 0 radical (unpaired) electrons. The zero-order valence-corrected chi connectivity index (χ0v) is 8.09. The van der Waals surface area contributed by atoms with Gasteiger partial charge in [-0.3, -0.25) is 4.79 Å². The number of nitrogens with one attached hydrogen (secondary N) is 1. The highest BCUT2D eigenvalue weighted by Gasteiger charge is 2.01. The summed E-state index contributed by atoms with van der Waals surface area (Å²) in [5, 5.41) is 3.13. The van der Waals surface area contributed by atoms with Gasteiger partial charge in [0.05, 0.1) is 0 Å². The van der Waals surface area contributed by atoms with E-state index in [2.05, 4.69) is 4.98 Å². The number of pyridine rings is 1. The molecule has 2 rings (SSSR count). The van der Waals surface area contributed by atoms with Gasteiger partial charge in [-0.05, 0) is 17.7 Å². The first-order chi connectivity index (χ1) is 5.81. The number of aromatic amines is 1. The zero-order chi connectivity index (χ0) is 8.55. The Hall–Kier alpha value is -0.740. The van der Waals surface area contributed by atoms with Gasteiger partial charge in [0.25, 0.3) is 0 Å². The van der Waals surface area contributed by atoms with Gasteiger partial charge in [-0.2, -0.15) is 0 Å². The average Bonchev–Trinajstić information content (AvgIpc) is 2.50. The summed E-state index contributed by atoms with van der Waals surface area (Å²) in [4.78, 5) is 15.9. The summed E-state index contributed by atoms with van der Waals surface area (Å²) in [6.07, 6.45) is 1.98. The van der Waals surface area contributed by atoms with Gasteiger partial charge in [0.2, 0.25) is 5.56 Å². The van der Waals surface area contributed by atoms with Crippen molar-refractivity contribution in [2.45, 2.75) is 4.90 Å². The molecule has 62 valence electrons. The third-order valence-corrected chi connectivity index (χ3v) is 3.26. The summed E-state index contributed by atoms with van der Waals surface area (Å²) in [7, 11) is 0. The van der Waals surface area contributed by atoms with Gasteiger partial charge in [-0.15, -0.1) is 23.1 Å². The van der Waals surface area contributed by atoms with Crippen molar-refractivity contribution in [3.63, 3.8) is 0 Å². The molecular weight excluding hydrogens is 190 g/mol. The Morgan fingerprint density at radius 3 is 3.17 bits per heavy atom. The minimum Gasteiger partial charge on any atom is -0.314 e. The van der Waals surface area contributed by atoms with Gasteiger partial charge in [-0.1, -0.05) is 0 Å². The molecule has 0 amide bonds. The minimum atomic E-state index is -0.0192. The van der Waals surface area contributed by atoms with E-state index in [0.29, 0.717) is 0 Å². The van der Waals surface area contributed by atoms with Crippen LogP contribution in [0.15, 0.2) is 27.2 Å². The normalized spacial score (nSPS) is 10.8. The molecule has 0 unspecified atom stereocenters. The first-order valence-corrected chi connectivity index (χ1v) is 5.56. The predicted octanol–water partition coefficient (Wildman–Crippen LogP) is 2.31. The van der Waals surface area contributed by atoms with E-state index >= 15 is 0 Å². The second kappa shape index (κ2) is 2.95. The molecule has 0 spiro atoms.